The topological polar surface area (TPSA) is 89.4 Å². The van der Waals surface area contributed by atoms with Crippen molar-refractivity contribution in [3.63, 3.8) is 0 Å². The van der Waals surface area contributed by atoms with Crippen molar-refractivity contribution in [1.29, 1.82) is 0 Å². The summed E-state index contributed by atoms with van der Waals surface area (Å²) >= 11 is 0.905. The van der Waals surface area contributed by atoms with Crippen LogP contribution in [0.5, 0.6) is 11.5 Å². The number of quaternary nitrogens is 1. The molecule has 1 aromatic rings. The van der Waals surface area contributed by atoms with Crippen molar-refractivity contribution >= 4 is 34.9 Å². The summed E-state index contributed by atoms with van der Waals surface area (Å²) in [5.74, 6) is 0.902. The second-order valence-corrected chi connectivity index (χ2v) is 7.92. The number of fused-ring (bicyclic) bond motifs is 1. The third-order valence-corrected chi connectivity index (χ3v) is 5.85. The first-order valence-electron chi connectivity index (χ1n) is 9.35. The lowest BCUT2D eigenvalue weighted by molar-refractivity contribution is -0.879. The highest BCUT2D eigenvalue weighted by atomic mass is 32.2. The molecule has 8 nitrogen and oxygen atoms in total. The van der Waals surface area contributed by atoms with Crippen molar-refractivity contribution in [2.75, 3.05) is 39.5 Å². The van der Waals surface area contributed by atoms with Gasteiger partial charge in [0.05, 0.1) is 18.0 Å². The lowest BCUT2D eigenvalue weighted by Crippen LogP contribution is -3.11. The van der Waals surface area contributed by atoms with Crippen LogP contribution in [0.2, 0.25) is 0 Å². The molecule has 0 aliphatic carbocycles. The zero-order valence-corrected chi connectivity index (χ0v) is 16.2. The average Bonchev–Trinajstić information content (AvgIpc) is 3.39. The first kappa shape index (κ1) is 18.8. The Morgan fingerprint density at radius 2 is 2.00 bits per heavy atom. The molecule has 3 aliphatic rings. The van der Waals surface area contributed by atoms with E-state index in [1.165, 1.54) is 9.80 Å². The summed E-state index contributed by atoms with van der Waals surface area (Å²) in [6, 6.07) is 5.36. The van der Waals surface area contributed by atoms with E-state index in [4.69, 9.17) is 9.47 Å². The number of hydrogen-bond acceptors (Lipinski definition) is 6. The molecule has 148 valence electrons. The first-order chi connectivity index (χ1) is 13.6. The van der Waals surface area contributed by atoms with E-state index in [2.05, 4.69) is 5.32 Å². The van der Waals surface area contributed by atoms with Gasteiger partial charge in [-0.2, -0.15) is 0 Å². The van der Waals surface area contributed by atoms with E-state index < -0.39 is 0 Å². The van der Waals surface area contributed by atoms with Crippen LogP contribution in [0.15, 0.2) is 23.1 Å². The molecule has 0 atom stereocenters. The van der Waals surface area contributed by atoms with Crippen LogP contribution in [0.1, 0.15) is 18.4 Å². The Morgan fingerprint density at radius 1 is 1.21 bits per heavy atom. The third-order valence-electron chi connectivity index (χ3n) is 4.95. The van der Waals surface area contributed by atoms with E-state index in [1.807, 2.05) is 6.07 Å². The van der Waals surface area contributed by atoms with E-state index in [9.17, 15) is 14.4 Å². The molecule has 9 heteroatoms. The van der Waals surface area contributed by atoms with Crippen molar-refractivity contribution < 1.29 is 28.8 Å². The highest BCUT2D eigenvalue weighted by Gasteiger charge is 2.34. The number of thioether (sulfide) groups is 1. The first-order valence-corrected chi connectivity index (χ1v) is 10.2. The molecule has 2 saturated heterocycles. The Kier molecular flexibility index (Phi) is 5.54. The number of hydrogen-bond donors (Lipinski definition) is 2. The lowest BCUT2D eigenvalue weighted by atomic mass is 10.2. The molecule has 0 spiro atoms. The van der Waals surface area contributed by atoms with Gasteiger partial charge in [-0.05, 0) is 35.5 Å². The Bertz CT molecular complexity index is 835. The molecule has 3 amide bonds. The summed E-state index contributed by atoms with van der Waals surface area (Å²) in [6.07, 6.45) is 3.99. The van der Waals surface area contributed by atoms with Gasteiger partial charge in [0.1, 0.15) is 0 Å². The van der Waals surface area contributed by atoms with E-state index in [0.717, 1.165) is 43.3 Å². The fourth-order valence-electron chi connectivity index (χ4n) is 3.50. The number of imide groups is 1. The highest BCUT2D eigenvalue weighted by molar-refractivity contribution is 8.18. The molecule has 4 rings (SSSR count). The molecule has 3 heterocycles. The monoisotopic (exact) mass is 404 g/mol. The number of likely N-dealkylation sites (tertiary alicyclic amines) is 1. The van der Waals surface area contributed by atoms with Gasteiger partial charge in [0.2, 0.25) is 6.79 Å². The van der Waals surface area contributed by atoms with Gasteiger partial charge in [-0.3, -0.25) is 19.3 Å². The Morgan fingerprint density at radius 3 is 2.82 bits per heavy atom. The average molecular weight is 404 g/mol. The molecular weight excluding hydrogens is 382 g/mol. The van der Waals surface area contributed by atoms with Crippen LogP contribution < -0.4 is 19.7 Å². The smallest absolute Gasteiger partial charge is 0.293 e. The Hall–Kier alpha value is -2.52. The van der Waals surface area contributed by atoms with Crippen molar-refractivity contribution in [2.45, 2.75) is 12.8 Å². The molecule has 2 fully saturated rings. The zero-order valence-electron chi connectivity index (χ0n) is 15.4. The maximum Gasteiger partial charge on any atom is 0.293 e. The van der Waals surface area contributed by atoms with Crippen LogP contribution in [-0.2, 0) is 9.59 Å². The van der Waals surface area contributed by atoms with E-state index >= 15 is 0 Å². The minimum Gasteiger partial charge on any atom is -0.454 e. The number of nitrogens with zero attached hydrogens (tertiary/aromatic N) is 1. The standard InChI is InChI=1S/C19H21N3O5S/c23-17(11-21-6-1-2-7-21)20-5-8-22-18(24)16(28-19(22)25)10-13-3-4-14-15(9-13)27-12-26-14/h3-4,9-10H,1-2,5-8,11-12H2,(H,20,23)/p+1/b16-10-. The summed E-state index contributed by atoms with van der Waals surface area (Å²) in [6.45, 7) is 3.13. The van der Waals surface area contributed by atoms with Crippen LogP contribution in [0.3, 0.4) is 0 Å². The summed E-state index contributed by atoms with van der Waals surface area (Å²) in [4.78, 5) is 39.5. The van der Waals surface area contributed by atoms with E-state index in [0.29, 0.717) is 22.9 Å². The number of amides is 3. The van der Waals surface area contributed by atoms with Crippen LogP contribution in [-0.4, -0.2) is 61.5 Å². The summed E-state index contributed by atoms with van der Waals surface area (Å²) in [7, 11) is 0. The van der Waals surface area contributed by atoms with Crippen molar-refractivity contribution in [1.82, 2.24) is 10.2 Å². The van der Waals surface area contributed by atoms with Gasteiger partial charge in [0.25, 0.3) is 17.1 Å². The van der Waals surface area contributed by atoms with Gasteiger partial charge in [-0.1, -0.05) is 6.07 Å². The number of carbonyl (C=O) groups excluding carboxylic acids is 3. The maximum absolute atomic E-state index is 12.6. The van der Waals surface area contributed by atoms with E-state index in [-0.39, 0.29) is 36.9 Å². The molecule has 3 aliphatic heterocycles. The van der Waals surface area contributed by atoms with Crippen molar-refractivity contribution in [3.8, 4) is 11.5 Å². The number of benzene rings is 1. The number of rotatable bonds is 6. The van der Waals surface area contributed by atoms with Gasteiger partial charge in [0, 0.05) is 25.9 Å². The molecule has 0 saturated carbocycles. The number of ether oxygens (including phenoxy) is 2. The Labute approximate surface area is 166 Å². The predicted molar refractivity (Wildman–Crippen MR) is 103 cm³/mol. The van der Waals surface area contributed by atoms with Crippen LogP contribution >= 0.6 is 11.8 Å². The third kappa shape index (κ3) is 4.15. The minimum atomic E-state index is -0.341. The molecule has 0 aromatic heterocycles. The summed E-state index contributed by atoms with van der Waals surface area (Å²) in [5.41, 5.74) is 0.761. The van der Waals surface area contributed by atoms with Gasteiger partial charge in [-0.15, -0.1) is 0 Å². The highest BCUT2D eigenvalue weighted by Crippen LogP contribution is 2.36. The second kappa shape index (κ2) is 8.24. The normalized spacial score (nSPS) is 20.4. The largest absolute Gasteiger partial charge is 0.454 e. The minimum absolute atomic E-state index is 0.0419. The van der Waals surface area contributed by atoms with E-state index in [1.54, 1.807) is 18.2 Å². The molecule has 0 radical (unpaired) electrons. The van der Waals surface area contributed by atoms with Gasteiger partial charge >= 0.3 is 0 Å². The van der Waals surface area contributed by atoms with Gasteiger partial charge in [-0.25, -0.2) is 0 Å². The van der Waals surface area contributed by atoms with Crippen LogP contribution in [0, 0.1) is 0 Å². The maximum atomic E-state index is 12.6. The molecule has 28 heavy (non-hydrogen) atoms. The second-order valence-electron chi connectivity index (χ2n) is 6.93. The SMILES string of the molecule is O=C(C[NH+]1CCCC1)NCCN1C(=O)S/C(=C\c2ccc3c(c2)OCO3)C1=O. The molecule has 2 N–H and O–H groups in total. The summed E-state index contributed by atoms with van der Waals surface area (Å²) < 4.78 is 10.6. The van der Waals surface area contributed by atoms with Crippen LogP contribution in [0.25, 0.3) is 6.08 Å². The molecule has 1 aromatic carbocycles. The Balaban J connectivity index is 1.31. The van der Waals surface area contributed by atoms with Gasteiger partial charge in [0.15, 0.2) is 18.0 Å². The number of nitrogens with one attached hydrogen (secondary N) is 2. The van der Waals surface area contributed by atoms with Crippen molar-refractivity contribution in [3.05, 3.63) is 28.7 Å². The quantitative estimate of drug-likeness (QED) is 0.661. The van der Waals surface area contributed by atoms with Crippen LogP contribution in [0.4, 0.5) is 4.79 Å². The van der Waals surface area contributed by atoms with Gasteiger partial charge < -0.3 is 19.7 Å². The molecular formula is C19H22N3O5S+. The fourth-order valence-corrected chi connectivity index (χ4v) is 4.36. The molecule has 0 unspecified atom stereocenters. The van der Waals surface area contributed by atoms with Crippen molar-refractivity contribution in [2.24, 2.45) is 0 Å². The molecule has 0 bridgehead atoms. The lowest BCUT2D eigenvalue weighted by Gasteiger charge is -2.14. The fraction of sp³-hybridized carbons (Fsp3) is 0.421. The predicted octanol–water partition coefficient (Wildman–Crippen LogP) is 0.246. The number of carbonyl (C=O) groups is 3. The summed E-state index contributed by atoms with van der Waals surface area (Å²) in [5, 5.41) is 2.48. The zero-order chi connectivity index (χ0) is 19.5.